The lowest BCUT2D eigenvalue weighted by atomic mass is 10.3. The van der Waals surface area contributed by atoms with Crippen molar-refractivity contribution in [1.82, 2.24) is 14.5 Å². The van der Waals surface area contributed by atoms with Crippen LogP contribution in [-0.2, 0) is 0 Å². The Bertz CT molecular complexity index is 727. The van der Waals surface area contributed by atoms with Crippen LogP contribution in [0.1, 0.15) is 0 Å². The number of aromatic nitrogens is 3. The number of hydrogen-bond donors (Lipinski definition) is 1. The van der Waals surface area contributed by atoms with Crippen molar-refractivity contribution in [3.05, 3.63) is 58.2 Å². The van der Waals surface area contributed by atoms with Gasteiger partial charge in [0.25, 0.3) is 5.56 Å². The lowest BCUT2D eigenvalue weighted by Crippen LogP contribution is -2.09. The Kier molecular flexibility index (Phi) is 2.23. The predicted molar refractivity (Wildman–Crippen MR) is 66.7 cm³/mol. The summed E-state index contributed by atoms with van der Waals surface area (Å²) in [5, 5.41) is 0.664. The number of nitrogens with zero attached hydrogens (tertiary/aromatic N) is 2. The first-order valence-corrected chi connectivity index (χ1v) is 5.44. The largest absolute Gasteiger partial charge is 0.311 e. The average molecular weight is 246 g/mol. The van der Waals surface area contributed by atoms with Gasteiger partial charge in [-0.05, 0) is 30.3 Å². The Labute approximate surface area is 101 Å². The third-order valence-electron chi connectivity index (χ3n) is 2.58. The lowest BCUT2D eigenvalue weighted by molar-refractivity contribution is 1.08. The third-order valence-corrected chi connectivity index (χ3v) is 2.84. The summed E-state index contributed by atoms with van der Waals surface area (Å²) in [4.78, 5) is 18.4. The monoisotopic (exact) mass is 245 g/mol. The molecule has 4 nitrogen and oxygen atoms in total. The van der Waals surface area contributed by atoms with E-state index in [9.17, 15) is 4.79 Å². The molecule has 0 aliphatic carbocycles. The van der Waals surface area contributed by atoms with E-state index in [1.807, 2.05) is 18.3 Å². The minimum absolute atomic E-state index is 0.157. The summed E-state index contributed by atoms with van der Waals surface area (Å²) >= 11 is 5.83. The Morgan fingerprint density at radius 3 is 2.71 bits per heavy atom. The Balaban J connectivity index is 2.31. The summed E-state index contributed by atoms with van der Waals surface area (Å²) in [6, 6.07) is 9.09. The maximum absolute atomic E-state index is 11.8. The minimum atomic E-state index is -0.157. The normalized spacial score (nSPS) is 10.9. The molecule has 0 amide bonds. The zero-order chi connectivity index (χ0) is 11.8. The van der Waals surface area contributed by atoms with Crippen molar-refractivity contribution in [2.75, 3.05) is 0 Å². The molecule has 0 unspecified atom stereocenters. The highest BCUT2D eigenvalue weighted by molar-refractivity contribution is 6.30. The van der Waals surface area contributed by atoms with Crippen molar-refractivity contribution >= 4 is 22.6 Å². The van der Waals surface area contributed by atoms with Crippen molar-refractivity contribution in [2.24, 2.45) is 0 Å². The van der Waals surface area contributed by atoms with Gasteiger partial charge in [-0.25, -0.2) is 4.98 Å². The van der Waals surface area contributed by atoms with Gasteiger partial charge in [0, 0.05) is 16.9 Å². The van der Waals surface area contributed by atoms with Crippen LogP contribution >= 0.6 is 11.6 Å². The molecule has 0 aliphatic heterocycles. The highest BCUT2D eigenvalue weighted by Crippen LogP contribution is 2.17. The smallest absolute Gasteiger partial charge is 0.275 e. The second-order valence-corrected chi connectivity index (χ2v) is 4.06. The van der Waals surface area contributed by atoms with Crippen LogP contribution in [0.5, 0.6) is 0 Å². The van der Waals surface area contributed by atoms with Gasteiger partial charge in [0.05, 0.1) is 11.8 Å². The molecule has 0 radical (unpaired) electrons. The fraction of sp³-hybridized carbons (Fsp3) is 0. The molecular formula is C12H8ClN3O. The predicted octanol–water partition coefficient (Wildman–Crippen LogP) is 2.37. The maximum atomic E-state index is 11.8. The Hall–Kier alpha value is -2.07. The first kappa shape index (κ1) is 10.1. The van der Waals surface area contributed by atoms with E-state index in [0.29, 0.717) is 16.1 Å². The molecule has 2 aromatic heterocycles. The summed E-state index contributed by atoms with van der Waals surface area (Å²) in [6.07, 6.45) is 3.22. The van der Waals surface area contributed by atoms with E-state index in [0.717, 1.165) is 5.69 Å². The van der Waals surface area contributed by atoms with Crippen molar-refractivity contribution in [1.29, 1.82) is 0 Å². The van der Waals surface area contributed by atoms with Crippen molar-refractivity contribution < 1.29 is 0 Å². The summed E-state index contributed by atoms with van der Waals surface area (Å²) in [6.45, 7) is 0. The summed E-state index contributed by atoms with van der Waals surface area (Å²) in [5.41, 5.74) is 1.93. The topological polar surface area (TPSA) is 50.7 Å². The number of rotatable bonds is 1. The van der Waals surface area contributed by atoms with Gasteiger partial charge >= 0.3 is 0 Å². The summed E-state index contributed by atoms with van der Waals surface area (Å²) in [5.74, 6) is 0. The maximum Gasteiger partial charge on any atom is 0.275 e. The minimum Gasteiger partial charge on any atom is -0.311 e. The number of benzene rings is 1. The number of aromatic amines is 1. The molecular weight excluding hydrogens is 238 g/mol. The number of hydrogen-bond acceptors (Lipinski definition) is 2. The molecule has 0 saturated carbocycles. The molecule has 3 rings (SSSR count). The quantitative estimate of drug-likeness (QED) is 0.716. The van der Waals surface area contributed by atoms with E-state index >= 15 is 0 Å². The number of H-pyrrole nitrogens is 1. The van der Waals surface area contributed by atoms with E-state index < -0.39 is 0 Å². The van der Waals surface area contributed by atoms with E-state index in [1.54, 1.807) is 22.8 Å². The van der Waals surface area contributed by atoms with Crippen LogP contribution in [0.15, 0.2) is 47.7 Å². The van der Waals surface area contributed by atoms with Gasteiger partial charge < -0.3 is 9.55 Å². The highest BCUT2D eigenvalue weighted by atomic mass is 35.5. The second-order valence-electron chi connectivity index (χ2n) is 3.63. The number of halogens is 1. The molecule has 1 aromatic carbocycles. The molecule has 84 valence electrons. The summed E-state index contributed by atoms with van der Waals surface area (Å²) in [7, 11) is 0. The molecule has 0 fully saturated rings. The van der Waals surface area contributed by atoms with E-state index in [1.165, 1.54) is 6.33 Å². The summed E-state index contributed by atoms with van der Waals surface area (Å²) < 4.78 is 1.79. The third kappa shape index (κ3) is 1.62. The molecule has 1 N–H and O–H groups in total. The molecule has 0 atom stereocenters. The fourth-order valence-electron chi connectivity index (χ4n) is 1.80. The van der Waals surface area contributed by atoms with Gasteiger partial charge in [-0.2, -0.15) is 0 Å². The highest BCUT2D eigenvalue weighted by Gasteiger charge is 2.07. The fourth-order valence-corrected chi connectivity index (χ4v) is 1.92. The van der Waals surface area contributed by atoms with Gasteiger partial charge in [0.1, 0.15) is 5.52 Å². The van der Waals surface area contributed by atoms with Crippen LogP contribution in [-0.4, -0.2) is 14.5 Å². The standard InChI is InChI=1S/C12H8ClN3O/c13-8-1-3-9(4-2-8)16-6-5-10-11(16)12(17)15-7-14-10/h1-7H,(H,14,15,17). The van der Waals surface area contributed by atoms with E-state index in [4.69, 9.17) is 11.6 Å². The van der Waals surface area contributed by atoms with Crippen LogP contribution in [0.25, 0.3) is 16.7 Å². The molecule has 0 spiro atoms. The van der Waals surface area contributed by atoms with Crippen LogP contribution in [0, 0.1) is 0 Å². The number of nitrogens with one attached hydrogen (secondary N) is 1. The number of fused-ring (bicyclic) bond motifs is 1. The zero-order valence-electron chi connectivity index (χ0n) is 8.72. The molecule has 5 heteroatoms. The molecule has 3 aromatic rings. The van der Waals surface area contributed by atoms with E-state index in [2.05, 4.69) is 9.97 Å². The Morgan fingerprint density at radius 2 is 1.94 bits per heavy atom. The second kappa shape index (κ2) is 3.75. The van der Waals surface area contributed by atoms with Crippen molar-refractivity contribution in [2.45, 2.75) is 0 Å². The van der Waals surface area contributed by atoms with Gasteiger partial charge in [-0.3, -0.25) is 4.79 Å². The van der Waals surface area contributed by atoms with Gasteiger partial charge in [-0.15, -0.1) is 0 Å². The first-order chi connectivity index (χ1) is 8.25. The van der Waals surface area contributed by atoms with Crippen molar-refractivity contribution in [3.8, 4) is 5.69 Å². The van der Waals surface area contributed by atoms with Crippen LogP contribution < -0.4 is 5.56 Å². The Morgan fingerprint density at radius 1 is 1.18 bits per heavy atom. The molecule has 0 bridgehead atoms. The van der Waals surface area contributed by atoms with Crippen LogP contribution in [0.4, 0.5) is 0 Å². The zero-order valence-corrected chi connectivity index (χ0v) is 9.48. The van der Waals surface area contributed by atoms with Crippen LogP contribution in [0.3, 0.4) is 0 Å². The van der Waals surface area contributed by atoms with Crippen molar-refractivity contribution in [3.63, 3.8) is 0 Å². The average Bonchev–Trinajstić information content (AvgIpc) is 2.75. The first-order valence-electron chi connectivity index (χ1n) is 5.06. The van der Waals surface area contributed by atoms with Gasteiger partial charge in [0.15, 0.2) is 0 Å². The molecule has 17 heavy (non-hydrogen) atoms. The molecule has 0 aliphatic rings. The molecule has 2 heterocycles. The van der Waals surface area contributed by atoms with E-state index in [-0.39, 0.29) is 5.56 Å². The van der Waals surface area contributed by atoms with Gasteiger partial charge in [-0.1, -0.05) is 11.6 Å². The lowest BCUT2D eigenvalue weighted by Gasteiger charge is -2.03. The molecule has 0 saturated heterocycles. The SMILES string of the molecule is O=c1[nH]cnc2ccn(-c3ccc(Cl)cc3)c12. The van der Waals surface area contributed by atoms with Gasteiger partial charge in [0.2, 0.25) is 0 Å². The van der Waals surface area contributed by atoms with Crippen LogP contribution in [0.2, 0.25) is 5.02 Å².